The van der Waals surface area contributed by atoms with Crippen molar-refractivity contribution in [2.75, 3.05) is 0 Å². The molecule has 0 saturated carbocycles. The SMILES string of the molecule is O=C(Oc1ccc2c(-c3cc(F)c(F)c(F)c3)noc2c1)c1cc2cc(Br)ccc2o1. The molecule has 3 aromatic carbocycles. The quantitative estimate of drug-likeness (QED) is 0.162. The molecule has 2 aromatic heterocycles. The van der Waals surface area contributed by atoms with E-state index < -0.39 is 23.4 Å². The zero-order chi connectivity index (χ0) is 21.7. The van der Waals surface area contributed by atoms with Crippen molar-refractivity contribution in [1.82, 2.24) is 5.16 Å². The van der Waals surface area contributed by atoms with Gasteiger partial charge in [-0.3, -0.25) is 0 Å². The van der Waals surface area contributed by atoms with Crippen LogP contribution in [0.2, 0.25) is 0 Å². The largest absolute Gasteiger partial charge is 0.449 e. The number of nitrogens with zero attached hydrogens (tertiary/aromatic N) is 1. The van der Waals surface area contributed by atoms with Gasteiger partial charge in [-0.2, -0.15) is 0 Å². The van der Waals surface area contributed by atoms with Crippen LogP contribution in [0, 0.1) is 17.5 Å². The molecule has 0 fully saturated rings. The number of aromatic nitrogens is 1. The Bertz CT molecular complexity index is 1470. The summed E-state index contributed by atoms with van der Waals surface area (Å²) in [4.78, 5) is 12.4. The standard InChI is InChI=1S/C22H9BrF3NO4/c23-12-1-4-17-10(5-12)8-19(30-17)22(28)29-13-2-3-14-18(9-13)31-27-21(14)11-6-15(24)20(26)16(25)7-11/h1-9H. The molecule has 0 aliphatic rings. The number of esters is 1. The molecule has 31 heavy (non-hydrogen) atoms. The number of fused-ring (bicyclic) bond motifs is 2. The van der Waals surface area contributed by atoms with Gasteiger partial charge in [0.2, 0.25) is 5.76 Å². The number of hydrogen-bond acceptors (Lipinski definition) is 5. The highest BCUT2D eigenvalue weighted by atomic mass is 79.9. The average molecular weight is 488 g/mol. The summed E-state index contributed by atoms with van der Waals surface area (Å²) < 4.78 is 57.2. The molecule has 5 nitrogen and oxygen atoms in total. The fourth-order valence-electron chi connectivity index (χ4n) is 3.15. The Labute approximate surface area is 180 Å². The monoisotopic (exact) mass is 487 g/mol. The Morgan fingerprint density at radius 1 is 0.935 bits per heavy atom. The summed E-state index contributed by atoms with van der Waals surface area (Å²) in [7, 11) is 0. The zero-order valence-electron chi connectivity index (χ0n) is 15.3. The summed E-state index contributed by atoms with van der Waals surface area (Å²) in [6.07, 6.45) is 0. The molecule has 5 rings (SSSR count). The fourth-order valence-corrected chi connectivity index (χ4v) is 3.53. The Balaban J connectivity index is 1.44. The third-order valence-corrected chi connectivity index (χ3v) is 5.08. The van der Waals surface area contributed by atoms with Gasteiger partial charge in [0, 0.05) is 26.9 Å². The predicted octanol–water partition coefficient (Wildman–Crippen LogP) is 6.64. The Kier molecular flexibility index (Phi) is 4.55. The molecule has 0 N–H and O–H groups in total. The summed E-state index contributed by atoms with van der Waals surface area (Å²) in [5.74, 6) is -4.79. The van der Waals surface area contributed by atoms with E-state index in [4.69, 9.17) is 13.7 Å². The average Bonchev–Trinajstić information content (AvgIpc) is 3.35. The number of furan rings is 1. The minimum absolute atomic E-state index is 0.00771. The van der Waals surface area contributed by atoms with Crippen LogP contribution in [0.4, 0.5) is 13.2 Å². The van der Waals surface area contributed by atoms with E-state index in [-0.39, 0.29) is 28.4 Å². The van der Waals surface area contributed by atoms with Crippen molar-refractivity contribution in [2.45, 2.75) is 0 Å². The van der Waals surface area contributed by atoms with Gasteiger partial charge in [-0.25, -0.2) is 18.0 Å². The predicted molar refractivity (Wildman–Crippen MR) is 108 cm³/mol. The van der Waals surface area contributed by atoms with Crippen molar-refractivity contribution < 1.29 is 31.6 Å². The third kappa shape index (κ3) is 3.46. The normalized spacial score (nSPS) is 11.4. The van der Waals surface area contributed by atoms with Crippen LogP contribution >= 0.6 is 15.9 Å². The number of ether oxygens (including phenoxy) is 1. The lowest BCUT2D eigenvalue weighted by Gasteiger charge is -2.02. The highest BCUT2D eigenvalue weighted by Crippen LogP contribution is 2.32. The topological polar surface area (TPSA) is 65.5 Å². The molecule has 0 bridgehead atoms. The number of benzene rings is 3. The fraction of sp³-hybridized carbons (Fsp3) is 0. The van der Waals surface area contributed by atoms with E-state index in [0.717, 1.165) is 22.0 Å². The smallest absolute Gasteiger partial charge is 0.379 e. The molecule has 0 atom stereocenters. The van der Waals surface area contributed by atoms with Crippen LogP contribution in [-0.4, -0.2) is 11.1 Å². The maximum atomic E-state index is 13.6. The van der Waals surface area contributed by atoms with Gasteiger partial charge in [0.15, 0.2) is 23.0 Å². The van der Waals surface area contributed by atoms with Crippen LogP contribution in [0.5, 0.6) is 5.75 Å². The lowest BCUT2D eigenvalue weighted by Crippen LogP contribution is -2.06. The molecule has 0 spiro atoms. The first-order valence-electron chi connectivity index (χ1n) is 8.84. The molecular weight excluding hydrogens is 479 g/mol. The molecule has 0 saturated heterocycles. The molecule has 0 aliphatic carbocycles. The summed E-state index contributed by atoms with van der Waals surface area (Å²) in [5, 5.41) is 4.93. The van der Waals surface area contributed by atoms with Gasteiger partial charge >= 0.3 is 5.97 Å². The Morgan fingerprint density at radius 2 is 1.71 bits per heavy atom. The van der Waals surface area contributed by atoms with E-state index in [2.05, 4.69) is 21.1 Å². The summed E-state index contributed by atoms with van der Waals surface area (Å²) in [5.41, 5.74) is 0.866. The maximum absolute atomic E-state index is 13.6. The second kappa shape index (κ2) is 7.28. The molecular formula is C22H9BrF3NO4. The molecule has 0 radical (unpaired) electrons. The van der Waals surface area contributed by atoms with Crippen molar-refractivity contribution in [3.8, 4) is 17.0 Å². The van der Waals surface area contributed by atoms with Crippen molar-refractivity contribution >= 4 is 43.8 Å². The highest BCUT2D eigenvalue weighted by molar-refractivity contribution is 9.10. The van der Waals surface area contributed by atoms with Gasteiger partial charge in [0.1, 0.15) is 17.0 Å². The highest BCUT2D eigenvalue weighted by Gasteiger charge is 2.19. The van der Waals surface area contributed by atoms with Gasteiger partial charge in [-0.15, -0.1) is 0 Å². The molecule has 0 unspecified atom stereocenters. The third-order valence-electron chi connectivity index (χ3n) is 4.59. The Morgan fingerprint density at radius 3 is 2.48 bits per heavy atom. The molecule has 154 valence electrons. The molecule has 0 amide bonds. The first-order chi connectivity index (χ1) is 14.9. The van der Waals surface area contributed by atoms with Crippen LogP contribution in [-0.2, 0) is 0 Å². The first-order valence-corrected chi connectivity index (χ1v) is 9.64. The van der Waals surface area contributed by atoms with Gasteiger partial charge in [0.25, 0.3) is 0 Å². The lowest BCUT2D eigenvalue weighted by atomic mass is 10.1. The van der Waals surface area contributed by atoms with Gasteiger partial charge < -0.3 is 13.7 Å². The van der Waals surface area contributed by atoms with E-state index >= 15 is 0 Å². The van der Waals surface area contributed by atoms with Gasteiger partial charge in [-0.05, 0) is 48.5 Å². The van der Waals surface area contributed by atoms with Crippen LogP contribution < -0.4 is 4.74 Å². The summed E-state index contributed by atoms with van der Waals surface area (Å²) in [6.45, 7) is 0. The molecule has 9 heteroatoms. The van der Waals surface area contributed by atoms with E-state index in [0.29, 0.717) is 11.0 Å². The van der Waals surface area contributed by atoms with E-state index in [1.807, 2.05) is 0 Å². The molecule has 5 aromatic rings. The van der Waals surface area contributed by atoms with Crippen LogP contribution in [0.1, 0.15) is 10.6 Å². The van der Waals surface area contributed by atoms with Crippen molar-refractivity contribution in [1.29, 1.82) is 0 Å². The second-order valence-electron chi connectivity index (χ2n) is 6.63. The first kappa shape index (κ1) is 19.4. The Hall–Kier alpha value is -3.59. The molecule has 2 heterocycles. The van der Waals surface area contributed by atoms with Crippen LogP contribution in [0.25, 0.3) is 33.2 Å². The lowest BCUT2D eigenvalue weighted by molar-refractivity contribution is 0.0704. The second-order valence-corrected chi connectivity index (χ2v) is 7.54. The number of carbonyl (C=O) groups excluding carboxylic acids is 1. The summed E-state index contributed by atoms with van der Waals surface area (Å²) >= 11 is 3.35. The minimum atomic E-state index is -1.57. The van der Waals surface area contributed by atoms with Crippen molar-refractivity contribution in [3.63, 3.8) is 0 Å². The maximum Gasteiger partial charge on any atom is 0.379 e. The number of hydrogen-bond donors (Lipinski definition) is 0. The minimum Gasteiger partial charge on any atom is -0.449 e. The van der Waals surface area contributed by atoms with Crippen LogP contribution in [0.15, 0.2) is 68.0 Å². The summed E-state index contributed by atoms with van der Waals surface area (Å²) in [6, 6.07) is 12.9. The number of halogens is 4. The number of rotatable bonds is 3. The van der Waals surface area contributed by atoms with Crippen molar-refractivity contribution in [3.05, 3.63) is 82.3 Å². The van der Waals surface area contributed by atoms with E-state index in [1.54, 1.807) is 24.3 Å². The zero-order valence-corrected chi connectivity index (χ0v) is 16.9. The number of carbonyl (C=O) groups is 1. The van der Waals surface area contributed by atoms with E-state index in [9.17, 15) is 18.0 Å². The molecule has 0 aliphatic heterocycles. The van der Waals surface area contributed by atoms with Gasteiger partial charge in [0.05, 0.1) is 0 Å². The van der Waals surface area contributed by atoms with E-state index in [1.165, 1.54) is 18.2 Å². The van der Waals surface area contributed by atoms with Gasteiger partial charge in [-0.1, -0.05) is 21.1 Å². The van der Waals surface area contributed by atoms with Crippen molar-refractivity contribution in [2.24, 2.45) is 0 Å². The van der Waals surface area contributed by atoms with Crippen LogP contribution in [0.3, 0.4) is 0 Å².